The lowest BCUT2D eigenvalue weighted by Gasteiger charge is -2.16. The Morgan fingerprint density at radius 1 is 0.938 bits per heavy atom. The zero-order chi connectivity index (χ0) is 22.7. The van der Waals surface area contributed by atoms with Gasteiger partial charge in [-0.15, -0.1) is 0 Å². The SMILES string of the molecule is CCOc1cccc(NC2=C(c3ccccc3OC)C(=O)N(c3cccc(Cl)c3)C2=O)c1. The third-order valence-electron chi connectivity index (χ3n) is 4.94. The van der Waals surface area contributed by atoms with E-state index in [4.69, 9.17) is 21.1 Å². The highest BCUT2D eigenvalue weighted by Crippen LogP contribution is 2.38. The summed E-state index contributed by atoms with van der Waals surface area (Å²) in [5.41, 5.74) is 1.89. The van der Waals surface area contributed by atoms with Gasteiger partial charge in [0.15, 0.2) is 0 Å². The summed E-state index contributed by atoms with van der Waals surface area (Å²) >= 11 is 6.12. The number of anilines is 2. The summed E-state index contributed by atoms with van der Waals surface area (Å²) in [5, 5.41) is 3.56. The maximum Gasteiger partial charge on any atom is 0.282 e. The number of rotatable bonds is 7. The fourth-order valence-electron chi connectivity index (χ4n) is 3.57. The Bertz CT molecular complexity index is 1220. The number of nitrogens with zero attached hydrogens (tertiary/aromatic N) is 1. The molecule has 1 N–H and O–H groups in total. The molecule has 0 saturated carbocycles. The molecule has 6 nitrogen and oxygen atoms in total. The van der Waals surface area contributed by atoms with E-state index in [2.05, 4.69) is 5.32 Å². The van der Waals surface area contributed by atoms with E-state index >= 15 is 0 Å². The highest BCUT2D eigenvalue weighted by atomic mass is 35.5. The summed E-state index contributed by atoms with van der Waals surface area (Å²) in [4.78, 5) is 28.2. The highest BCUT2D eigenvalue weighted by molar-refractivity contribution is 6.46. The van der Waals surface area contributed by atoms with Crippen molar-refractivity contribution in [1.29, 1.82) is 0 Å². The van der Waals surface area contributed by atoms with Crippen LogP contribution in [0.1, 0.15) is 12.5 Å². The number of nitrogens with one attached hydrogen (secondary N) is 1. The lowest BCUT2D eigenvalue weighted by atomic mass is 10.0. The summed E-state index contributed by atoms with van der Waals surface area (Å²) in [5.74, 6) is 0.185. The summed E-state index contributed by atoms with van der Waals surface area (Å²) in [6.45, 7) is 2.41. The van der Waals surface area contributed by atoms with E-state index in [0.717, 1.165) is 4.90 Å². The average Bonchev–Trinajstić information content (AvgIpc) is 3.03. The Kier molecular flexibility index (Phi) is 6.14. The molecule has 0 radical (unpaired) electrons. The third-order valence-corrected chi connectivity index (χ3v) is 5.18. The van der Waals surface area contributed by atoms with E-state index in [9.17, 15) is 9.59 Å². The number of methoxy groups -OCH3 is 1. The summed E-state index contributed by atoms with van der Waals surface area (Å²) < 4.78 is 11.0. The molecule has 2 amide bonds. The standard InChI is InChI=1S/C25H21ClN2O4/c1-3-32-19-11-7-9-17(15-19)27-23-22(20-12-4-5-13-21(20)31-2)24(29)28(25(23)30)18-10-6-8-16(26)14-18/h4-15,27H,3H2,1-2H3. The third kappa shape index (κ3) is 4.05. The van der Waals surface area contributed by atoms with Crippen LogP contribution in [-0.2, 0) is 9.59 Å². The molecule has 7 heteroatoms. The largest absolute Gasteiger partial charge is 0.496 e. The molecule has 1 aliphatic rings. The van der Waals surface area contributed by atoms with Gasteiger partial charge in [0.1, 0.15) is 17.2 Å². The number of hydrogen-bond acceptors (Lipinski definition) is 5. The van der Waals surface area contributed by atoms with Crippen LogP contribution in [0, 0.1) is 0 Å². The first kappa shape index (κ1) is 21.5. The van der Waals surface area contributed by atoms with Crippen molar-refractivity contribution in [3.05, 3.63) is 89.1 Å². The molecular formula is C25H21ClN2O4. The van der Waals surface area contributed by atoms with Gasteiger partial charge < -0.3 is 14.8 Å². The zero-order valence-corrected chi connectivity index (χ0v) is 18.3. The van der Waals surface area contributed by atoms with E-state index in [1.807, 2.05) is 19.1 Å². The second kappa shape index (κ2) is 9.16. The van der Waals surface area contributed by atoms with E-state index < -0.39 is 11.8 Å². The minimum absolute atomic E-state index is 0.146. The van der Waals surface area contributed by atoms with Crippen LogP contribution in [0.4, 0.5) is 11.4 Å². The maximum atomic E-state index is 13.6. The normalized spacial score (nSPS) is 13.5. The van der Waals surface area contributed by atoms with E-state index in [0.29, 0.717) is 40.1 Å². The number of amides is 2. The quantitative estimate of drug-likeness (QED) is 0.506. The van der Waals surface area contributed by atoms with Crippen LogP contribution in [-0.4, -0.2) is 25.5 Å². The molecule has 1 aliphatic heterocycles. The molecular weight excluding hydrogens is 428 g/mol. The first-order valence-corrected chi connectivity index (χ1v) is 10.4. The molecule has 0 saturated heterocycles. The second-order valence-corrected chi connectivity index (χ2v) is 7.40. The first-order chi connectivity index (χ1) is 15.5. The Morgan fingerprint density at radius 2 is 1.72 bits per heavy atom. The smallest absolute Gasteiger partial charge is 0.282 e. The maximum absolute atomic E-state index is 13.6. The van der Waals surface area contributed by atoms with Crippen molar-refractivity contribution in [1.82, 2.24) is 0 Å². The highest BCUT2D eigenvalue weighted by Gasteiger charge is 2.41. The van der Waals surface area contributed by atoms with Gasteiger partial charge in [-0.1, -0.05) is 41.9 Å². The predicted molar refractivity (Wildman–Crippen MR) is 125 cm³/mol. The number of halogens is 1. The molecule has 0 spiro atoms. The van der Waals surface area contributed by atoms with Crippen molar-refractivity contribution in [2.45, 2.75) is 6.92 Å². The van der Waals surface area contributed by atoms with Crippen LogP contribution in [0.3, 0.4) is 0 Å². The molecule has 0 fully saturated rings. The topological polar surface area (TPSA) is 67.9 Å². The second-order valence-electron chi connectivity index (χ2n) is 6.96. The fraction of sp³-hybridized carbons (Fsp3) is 0.120. The average molecular weight is 449 g/mol. The Labute approximate surface area is 191 Å². The van der Waals surface area contributed by atoms with E-state index in [1.165, 1.54) is 7.11 Å². The van der Waals surface area contributed by atoms with Crippen molar-refractivity contribution in [3.63, 3.8) is 0 Å². The summed E-state index contributed by atoms with van der Waals surface area (Å²) in [6, 6.07) is 20.9. The van der Waals surface area contributed by atoms with Crippen LogP contribution in [0.25, 0.3) is 5.57 Å². The molecule has 0 aliphatic carbocycles. The van der Waals surface area contributed by atoms with Crippen molar-refractivity contribution < 1.29 is 19.1 Å². The summed E-state index contributed by atoms with van der Waals surface area (Å²) in [6.07, 6.45) is 0. The van der Waals surface area contributed by atoms with E-state index in [1.54, 1.807) is 60.7 Å². The number of para-hydroxylation sites is 1. The minimum atomic E-state index is -0.486. The van der Waals surface area contributed by atoms with Crippen LogP contribution in [0.2, 0.25) is 5.02 Å². The molecule has 0 bridgehead atoms. The molecule has 0 atom stereocenters. The number of benzene rings is 3. The van der Waals surface area contributed by atoms with Gasteiger partial charge in [-0.25, -0.2) is 4.90 Å². The lowest BCUT2D eigenvalue weighted by molar-refractivity contribution is -0.120. The molecule has 3 aromatic rings. The predicted octanol–water partition coefficient (Wildman–Crippen LogP) is 5.14. The van der Waals surface area contributed by atoms with Crippen molar-refractivity contribution in [2.24, 2.45) is 0 Å². The number of carbonyl (C=O) groups excluding carboxylic acids is 2. The van der Waals surface area contributed by atoms with Gasteiger partial charge >= 0.3 is 0 Å². The number of imide groups is 1. The molecule has 3 aromatic carbocycles. The number of hydrogen-bond donors (Lipinski definition) is 1. The molecule has 1 heterocycles. The van der Waals surface area contributed by atoms with Gasteiger partial charge in [-0.2, -0.15) is 0 Å². The van der Waals surface area contributed by atoms with Gasteiger partial charge in [0.2, 0.25) is 0 Å². The number of ether oxygens (including phenoxy) is 2. The van der Waals surface area contributed by atoms with Crippen molar-refractivity contribution >= 4 is 40.4 Å². The summed E-state index contributed by atoms with van der Waals surface area (Å²) in [7, 11) is 1.52. The van der Waals surface area contributed by atoms with Gasteiger partial charge in [-0.3, -0.25) is 9.59 Å². The lowest BCUT2D eigenvalue weighted by Crippen LogP contribution is -2.32. The minimum Gasteiger partial charge on any atom is -0.496 e. The van der Waals surface area contributed by atoms with Crippen LogP contribution in [0.5, 0.6) is 11.5 Å². The van der Waals surface area contributed by atoms with E-state index in [-0.39, 0.29) is 11.3 Å². The van der Waals surface area contributed by atoms with Crippen molar-refractivity contribution in [3.8, 4) is 11.5 Å². The Morgan fingerprint density at radius 3 is 2.47 bits per heavy atom. The van der Waals surface area contributed by atoms with Crippen LogP contribution >= 0.6 is 11.6 Å². The molecule has 162 valence electrons. The van der Waals surface area contributed by atoms with Gasteiger partial charge in [0.25, 0.3) is 11.8 Å². The van der Waals surface area contributed by atoms with Gasteiger partial charge in [0, 0.05) is 22.3 Å². The Hall–Kier alpha value is -3.77. The Balaban J connectivity index is 1.84. The van der Waals surface area contributed by atoms with Crippen molar-refractivity contribution in [2.75, 3.05) is 23.9 Å². The molecule has 0 unspecified atom stereocenters. The number of carbonyl (C=O) groups is 2. The van der Waals surface area contributed by atoms with Crippen LogP contribution < -0.4 is 19.7 Å². The first-order valence-electron chi connectivity index (χ1n) is 10.1. The monoisotopic (exact) mass is 448 g/mol. The fourth-order valence-corrected chi connectivity index (χ4v) is 3.76. The molecule has 32 heavy (non-hydrogen) atoms. The van der Waals surface area contributed by atoms with Gasteiger partial charge in [0.05, 0.1) is 25.0 Å². The molecule has 0 aromatic heterocycles. The molecule has 4 rings (SSSR count). The zero-order valence-electron chi connectivity index (χ0n) is 17.6. The van der Waals surface area contributed by atoms with Gasteiger partial charge in [-0.05, 0) is 43.3 Å². The van der Waals surface area contributed by atoms with Crippen LogP contribution in [0.15, 0.2) is 78.5 Å².